The minimum Gasteiger partial charge on any atom is -0.453 e. The topological polar surface area (TPSA) is 39.4 Å². The van der Waals surface area contributed by atoms with Crippen molar-refractivity contribution in [3.8, 4) is 0 Å². The summed E-state index contributed by atoms with van der Waals surface area (Å²) >= 11 is 0. The van der Waals surface area contributed by atoms with Gasteiger partial charge in [-0.05, 0) is 18.6 Å². The fraction of sp³-hybridized carbons (Fsp3) is 0.471. The van der Waals surface area contributed by atoms with Crippen LogP contribution in [0.1, 0.15) is 49.6 Å². The third-order valence-corrected chi connectivity index (χ3v) is 3.33. The van der Waals surface area contributed by atoms with E-state index in [1.807, 2.05) is 24.3 Å². The average molecular weight is 274 g/mol. The first-order chi connectivity index (χ1) is 9.81. The van der Waals surface area contributed by atoms with Crippen molar-refractivity contribution in [2.75, 3.05) is 13.2 Å². The van der Waals surface area contributed by atoms with Gasteiger partial charge in [0.1, 0.15) is 12.2 Å². The van der Waals surface area contributed by atoms with Crippen molar-refractivity contribution in [3.63, 3.8) is 0 Å². The number of unbranched alkanes of at least 4 members (excludes halogenated alkanes) is 4. The zero-order valence-corrected chi connectivity index (χ0v) is 12.1. The molecule has 0 saturated carbocycles. The molecule has 20 heavy (non-hydrogen) atoms. The van der Waals surface area contributed by atoms with Crippen molar-refractivity contribution in [3.05, 3.63) is 36.1 Å². The van der Waals surface area contributed by atoms with E-state index < -0.39 is 0 Å². The van der Waals surface area contributed by atoms with Gasteiger partial charge in [-0.3, -0.25) is 4.79 Å². The number of para-hydroxylation sites is 1. The molecule has 0 fully saturated rings. The fourth-order valence-corrected chi connectivity index (χ4v) is 2.16. The molecule has 1 aromatic carbocycles. The molecule has 108 valence electrons. The lowest BCUT2D eigenvalue weighted by Crippen LogP contribution is -2.08. The van der Waals surface area contributed by atoms with Crippen LogP contribution in [0.25, 0.3) is 11.0 Å². The number of carbonyl (C=O) groups is 1. The van der Waals surface area contributed by atoms with Crippen LogP contribution in [0.2, 0.25) is 0 Å². The number of hydrogen-bond donors (Lipinski definition) is 0. The van der Waals surface area contributed by atoms with Crippen molar-refractivity contribution in [2.24, 2.45) is 0 Å². The van der Waals surface area contributed by atoms with Gasteiger partial charge >= 0.3 is 0 Å². The van der Waals surface area contributed by atoms with Crippen LogP contribution in [0, 0.1) is 0 Å². The molecule has 0 N–H and O–H groups in total. The first-order valence-electron chi connectivity index (χ1n) is 7.41. The molecular weight excluding hydrogens is 252 g/mol. The molecule has 0 atom stereocenters. The number of rotatable bonds is 9. The monoisotopic (exact) mass is 274 g/mol. The zero-order valence-electron chi connectivity index (χ0n) is 12.1. The van der Waals surface area contributed by atoms with E-state index in [0.29, 0.717) is 12.4 Å². The number of benzene rings is 1. The number of carbonyl (C=O) groups excluding carboxylic acids is 1. The number of ether oxygens (including phenoxy) is 1. The summed E-state index contributed by atoms with van der Waals surface area (Å²) in [5, 5.41) is 0.954. The summed E-state index contributed by atoms with van der Waals surface area (Å²) in [7, 11) is 0. The van der Waals surface area contributed by atoms with E-state index in [-0.39, 0.29) is 12.4 Å². The molecule has 2 aromatic rings. The molecule has 0 unspecified atom stereocenters. The van der Waals surface area contributed by atoms with Crippen molar-refractivity contribution >= 4 is 16.8 Å². The molecular formula is C17H22O3. The summed E-state index contributed by atoms with van der Waals surface area (Å²) in [6.45, 7) is 2.95. The number of hydrogen-bond acceptors (Lipinski definition) is 3. The van der Waals surface area contributed by atoms with E-state index in [0.717, 1.165) is 17.4 Å². The van der Waals surface area contributed by atoms with Crippen LogP contribution in [0.5, 0.6) is 0 Å². The number of Topliss-reactive ketones (excluding diaryl/α,β-unsaturated/α-hetero) is 1. The van der Waals surface area contributed by atoms with E-state index in [2.05, 4.69) is 6.92 Å². The molecule has 0 saturated heterocycles. The molecule has 0 bridgehead atoms. The molecule has 0 amide bonds. The van der Waals surface area contributed by atoms with Crippen LogP contribution in [0.3, 0.4) is 0 Å². The molecule has 0 spiro atoms. The van der Waals surface area contributed by atoms with Crippen LogP contribution in [-0.4, -0.2) is 19.0 Å². The van der Waals surface area contributed by atoms with Crippen LogP contribution < -0.4 is 0 Å². The van der Waals surface area contributed by atoms with Crippen LogP contribution in [0.15, 0.2) is 34.7 Å². The fourth-order valence-electron chi connectivity index (χ4n) is 2.16. The maximum atomic E-state index is 11.9. The van der Waals surface area contributed by atoms with Gasteiger partial charge < -0.3 is 9.15 Å². The van der Waals surface area contributed by atoms with Gasteiger partial charge in [-0.1, -0.05) is 50.8 Å². The highest BCUT2D eigenvalue weighted by Gasteiger charge is 2.11. The standard InChI is InChI=1S/C17H22O3/c1-2-3-4-5-8-11-19-13-15(18)17-12-14-9-6-7-10-16(14)20-17/h6-7,9-10,12H,2-5,8,11,13H2,1H3. The van der Waals surface area contributed by atoms with Gasteiger partial charge in [0.15, 0.2) is 5.76 Å². The summed E-state index contributed by atoms with van der Waals surface area (Å²) in [6, 6.07) is 9.40. The Morgan fingerprint density at radius 2 is 1.95 bits per heavy atom. The minimum atomic E-state index is -0.0882. The first-order valence-corrected chi connectivity index (χ1v) is 7.41. The minimum absolute atomic E-state index is 0.0882. The van der Waals surface area contributed by atoms with Gasteiger partial charge in [-0.15, -0.1) is 0 Å². The molecule has 3 heteroatoms. The molecule has 0 radical (unpaired) electrons. The Kier molecular flexibility index (Phi) is 5.81. The van der Waals surface area contributed by atoms with E-state index >= 15 is 0 Å². The maximum Gasteiger partial charge on any atom is 0.223 e. The quantitative estimate of drug-likeness (QED) is 0.495. The largest absolute Gasteiger partial charge is 0.453 e. The van der Waals surface area contributed by atoms with Crippen molar-refractivity contribution in [2.45, 2.75) is 39.0 Å². The van der Waals surface area contributed by atoms with E-state index in [1.54, 1.807) is 6.07 Å². The Bertz CT molecular complexity index is 509. The highest BCUT2D eigenvalue weighted by molar-refractivity contribution is 5.98. The van der Waals surface area contributed by atoms with Crippen LogP contribution in [0.4, 0.5) is 0 Å². The normalized spacial score (nSPS) is 11.1. The molecule has 0 aliphatic rings. The molecule has 1 aromatic heterocycles. The predicted molar refractivity (Wildman–Crippen MR) is 80.1 cm³/mol. The lowest BCUT2D eigenvalue weighted by Gasteiger charge is -2.02. The van der Waals surface area contributed by atoms with Gasteiger partial charge in [-0.25, -0.2) is 0 Å². The second-order valence-electron chi connectivity index (χ2n) is 5.04. The Morgan fingerprint density at radius 1 is 1.15 bits per heavy atom. The zero-order chi connectivity index (χ0) is 14.2. The second-order valence-corrected chi connectivity index (χ2v) is 5.04. The number of ketones is 1. The second kappa shape index (κ2) is 7.85. The molecule has 0 aliphatic carbocycles. The smallest absolute Gasteiger partial charge is 0.223 e. The maximum absolute atomic E-state index is 11.9. The SMILES string of the molecule is CCCCCCCOCC(=O)c1cc2ccccc2o1. The van der Waals surface area contributed by atoms with Crippen molar-refractivity contribution < 1.29 is 13.9 Å². The highest BCUT2D eigenvalue weighted by atomic mass is 16.5. The van der Waals surface area contributed by atoms with Gasteiger partial charge in [0.25, 0.3) is 0 Å². The Hall–Kier alpha value is -1.61. The molecule has 2 rings (SSSR count). The Morgan fingerprint density at radius 3 is 2.75 bits per heavy atom. The molecule has 3 nitrogen and oxygen atoms in total. The third-order valence-electron chi connectivity index (χ3n) is 3.33. The number of furan rings is 1. The van der Waals surface area contributed by atoms with E-state index in [4.69, 9.17) is 9.15 Å². The van der Waals surface area contributed by atoms with Crippen LogP contribution >= 0.6 is 0 Å². The summed E-state index contributed by atoms with van der Waals surface area (Å²) in [6.07, 6.45) is 5.96. The van der Waals surface area contributed by atoms with E-state index in [1.165, 1.54) is 25.7 Å². The summed E-state index contributed by atoms with van der Waals surface area (Å²) < 4.78 is 10.9. The highest BCUT2D eigenvalue weighted by Crippen LogP contribution is 2.19. The lowest BCUT2D eigenvalue weighted by molar-refractivity contribution is 0.0728. The number of fused-ring (bicyclic) bond motifs is 1. The van der Waals surface area contributed by atoms with Crippen LogP contribution in [-0.2, 0) is 4.74 Å². The van der Waals surface area contributed by atoms with Crippen molar-refractivity contribution in [1.82, 2.24) is 0 Å². The third kappa shape index (κ3) is 4.20. The Labute approximate surface area is 119 Å². The summed E-state index contributed by atoms with van der Waals surface area (Å²) in [5.74, 6) is 0.298. The predicted octanol–water partition coefficient (Wildman–Crippen LogP) is 4.60. The summed E-state index contributed by atoms with van der Waals surface area (Å²) in [4.78, 5) is 11.9. The van der Waals surface area contributed by atoms with Gasteiger partial charge in [-0.2, -0.15) is 0 Å². The lowest BCUT2D eigenvalue weighted by atomic mass is 10.2. The summed E-state index contributed by atoms with van der Waals surface area (Å²) in [5.41, 5.74) is 0.746. The average Bonchev–Trinajstić information content (AvgIpc) is 2.90. The first kappa shape index (κ1) is 14.8. The van der Waals surface area contributed by atoms with Gasteiger partial charge in [0, 0.05) is 12.0 Å². The molecule has 0 aliphatic heterocycles. The van der Waals surface area contributed by atoms with E-state index in [9.17, 15) is 4.79 Å². The Balaban J connectivity index is 1.72. The van der Waals surface area contributed by atoms with Gasteiger partial charge in [0.05, 0.1) is 0 Å². The van der Waals surface area contributed by atoms with Crippen molar-refractivity contribution in [1.29, 1.82) is 0 Å². The molecule has 1 heterocycles. The van der Waals surface area contributed by atoms with Gasteiger partial charge in [0.2, 0.25) is 5.78 Å².